The molecule has 0 radical (unpaired) electrons. The van der Waals surface area contributed by atoms with Gasteiger partial charge in [-0.3, -0.25) is 4.98 Å². The molecule has 0 amide bonds. The number of nitrogens with zero attached hydrogens (tertiary/aromatic N) is 1. The highest BCUT2D eigenvalue weighted by molar-refractivity contribution is 5.27. The van der Waals surface area contributed by atoms with E-state index in [9.17, 15) is 0 Å². The van der Waals surface area contributed by atoms with Crippen molar-refractivity contribution in [3.63, 3.8) is 0 Å². The zero-order valence-corrected chi connectivity index (χ0v) is 10.4. The Balaban J connectivity index is 2.90. The molecule has 0 fully saturated rings. The summed E-state index contributed by atoms with van der Waals surface area (Å²) in [5.74, 6) is 0.709. The van der Waals surface area contributed by atoms with E-state index >= 15 is 0 Å². The molecule has 0 aromatic carbocycles. The van der Waals surface area contributed by atoms with E-state index in [1.165, 1.54) is 0 Å². The van der Waals surface area contributed by atoms with Crippen LogP contribution in [0, 0.1) is 0 Å². The zero-order valence-electron chi connectivity index (χ0n) is 10.4. The Kier molecular flexibility index (Phi) is 4.26. The van der Waals surface area contributed by atoms with Gasteiger partial charge in [-0.2, -0.15) is 0 Å². The fourth-order valence-electron chi connectivity index (χ4n) is 1.58. The minimum absolute atomic E-state index is 0.227. The third kappa shape index (κ3) is 2.93. The Morgan fingerprint density at radius 1 is 1.44 bits per heavy atom. The average Bonchev–Trinajstić information content (AvgIpc) is 2.28. The second kappa shape index (κ2) is 5.27. The summed E-state index contributed by atoms with van der Waals surface area (Å²) < 4.78 is 10.7. The van der Waals surface area contributed by atoms with Gasteiger partial charge in [-0.15, -0.1) is 0 Å². The maximum atomic E-state index is 6.16. The van der Waals surface area contributed by atoms with Crippen LogP contribution in [0.25, 0.3) is 0 Å². The molecule has 1 aromatic heterocycles. The number of nitrogens with two attached hydrogens (primary N) is 1. The van der Waals surface area contributed by atoms with E-state index in [4.69, 9.17) is 15.2 Å². The Labute approximate surface area is 96.8 Å². The van der Waals surface area contributed by atoms with Crippen molar-refractivity contribution in [2.45, 2.75) is 32.4 Å². The summed E-state index contributed by atoms with van der Waals surface area (Å²) in [6.07, 6.45) is 3.40. The highest BCUT2D eigenvalue weighted by Gasteiger charge is 2.28. The highest BCUT2D eigenvalue weighted by Crippen LogP contribution is 2.27. The predicted octanol–water partition coefficient (Wildman–Crippen LogP) is 1.91. The third-order valence-corrected chi connectivity index (χ3v) is 2.59. The summed E-state index contributed by atoms with van der Waals surface area (Å²) in [4.78, 5) is 4.09. The van der Waals surface area contributed by atoms with Crippen LogP contribution in [0.3, 0.4) is 0 Å². The minimum atomic E-state index is -0.414. The second-order valence-corrected chi connectivity index (χ2v) is 4.17. The maximum Gasteiger partial charge on any atom is 0.137 e. The van der Waals surface area contributed by atoms with Crippen LogP contribution in [0.5, 0.6) is 5.75 Å². The monoisotopic (exact) mass is 224 g/mol. The SMILES string of the molecule is CCOC(C)(C)C(N)c1cncc(OC)c1. The van der Waals surface area contributed by atoms with Crippen molar-refractivity contribution in [3.05, 3.63) is 24.0 Å². The number of methoxy groups -OCH3 is 1. The van der Waals surface area contributed by atoms with Crippen LogP contribution in [-0.2, 0) is 4.74 Å². The first kappa shape index (κ1) is 12.9. The van der Waals surface area contributed by atoms with E-state index in [0.29, 0.717) is 12.4 Å². The number of pyridine rings is 1. The van der Waals surface area contributed by atoms with Gasteiger partial charge in [-0.05, 0) is 32.4 Å². The van der Waals surface area contributed by atoms with Crippen LogP contribution in [-0.4, -0.2) is 24.3 Å². The first-order valence-electron chi connectivity index (χ1n) is 5.39. The molecule has 0 saturated heterocycles. The number of rotatable bonds is 5. The first-order valence-corrected chi connectivity index (χ1v) is 5.39. The highest BCUT2D eigenvalue weighted by atomic mass is 16.5. The normalized spacial score (nSPS) is 13.6. The van der Waals surface area contributed by atoms with Crippen LogP contribution >= 0.6 is 0 Å². The van der Waals surface area contributed by atoms with Gasteiger partial charge in [0.1, 0.15) is 5.75 Å². The van der Waals surface area contributed by atoms with Crippen LogP contribution in [0.15, 0.2) is 18.5 Å². The minimum Gasteiger partial charge on any atom is -0.495 e. The van der Waals surface area contributed by atoms with Gasteiger partial charge in [-0.25, -0.2) is 0 Å². The van der Waals surface area contributed by atoms with Crippen LogP contribution in [0.2, 0.25) is 0 Å². The van der Waals surface area contributed by atoms with Gasteiger partial charge in [0.15, 0.2) is 0 Å². The Morgan fingerprint density at radius 2 is 2.12 bits per heavy atom. The average molecular weight is 224 g/mol. The lowest BCUT2D eigenvalue weighted by Gasteiger charge is -2.31. The lowest BCUT2D eigenvalue weighted by atomic mass is 9.93. The van der Waals surface area contributed by atoms with Gasteiger partial charge in [0.25, 0.3) is 0 Å². The van der Waals surface area contributed by atoms with Gasteiger partial charge in [-0.1, -0.05) is 0 Å². The topological polar surface area (TPSA) is 57.4 Å². The number of hydrogen-bond acceptors (Lipinski definition) is 4. The lowest BCUT2D eigenvalue weighted by molar-refractivity contribution is -0.0298. The van der Waals surface area contributed by atoms with Crippen molar-refractivity contribution in [2.24, 2.45) is 5.73 Å². The van der Waals surface area contributed by atoms with Crippen molar-refractivity contribution < 1.29 is 9.47 Å². The van der Waals surface area contributed by atoms with E-state index in [-0.39, 0.29) is 6.04 Å². The van der Waals surface area contributed by atoms with Crippen molar-refractivity contribution in [1.82, 2.24) is 4.98 Å². The van der Waals surface area contributed by atoms with Gasteiger partial charge < -0.3 is 15.2 Å². The van der Waals surface area contributed by atoms with Crippen LogP contribution in [0.1, 0.15) is 32.4 Å². The largest absolute Gasteiger partial charge is 0.495 e. The number of aromatic nitrogens is 1. The summed E-state index contributed by atoms with van der Waals surface area (Å²) in [6, 6.07) is 1.66. The maximum absolute atomic E-state index is 6.16. The molecule has 16 heavy (non-hydrogen) atoms. The van der Waals surface area contributed by atoms with Gasteiger partial charge in [0.2, 0.25) is 0 Å². The van der Waals surface area contributed by atoms with Crippen molar-refractivity contribution in [3.8, 4) is 5.75 Å². The quantitative estimate of drug-likeness (QED) is 0.830. The Hall–Kier alpha value is -1.13. The lowest BCUT2D eigenvalue weighted by Crippen LogP contribution is -2.38. The standard InChI is InChI=1S/C12H20N2O2/c1-5-16-12(2,3)11(13)9-6-10(15-4)8-14-7-9/h6-8,11H,5,13H2,1-4H3. The molecule has 1 aromatic rings. The molecule has 0 aliphatic rings. The van der Waals surface area contributed by atoms with E-state index < -0.39 is 5.60 Å². The van der Waals surface area contributed by atoms with Crippen molar-refractivity contribution in [2.75, 3.05) is 13.7 Å². The molecule has 1 atom stereocenters. The molecule has 0 bridgehead atoms. The van der Waals surface area contributed by atoms with Crippen molar-refractivity contribution in [1.29, 1.82) is 0 Å². The van der Waals surface area contributed by atoms with Crippen molar-refractivity contribution >= 4 is 0 Å². The molecule has 0 aliphatic heterocycles. The Bertz CT molecular complexity index is 340. The van der Waals surface area contributed by atoms with E-state index in [2.05, 4.69) is 4.98 Å². The molecule has 0 saturated carbocycles. The van der Waals surface area contributed by atoms with Gasteiger partial charge in [0, 0.05) is 12.8 Å². The molecule has 90 valence electrons. The molecule has 1 rings (SSSR count). The number of hydrogen-bond donors (Lipinski definition) is 1. The molecular weight excluding hydrogens is 204 g/mol. The van der Waals surface area contributed by atoms with E-state index in [1.54, 1.807) is 19.5 Å². The third-order valence-electron chi connectivity index (χ3n) is 2.59. The van der Waals surface area contributed by atoms with E-state index in [0.717, 1.165) is 5.56 Å². The molecular formula is C12H20N2O2. The molecule has 0 spiro atoms. The number of ether oxygens (including phenoxy) is 2. The molecule has 2 N–H and O–H groups in total. The van der Waals surface area contributed by atoms with Crippen LogP contribution in [0.4, 0.5) is 0 Å². The molecule has 0 aliphatic carbocycles. The summed E-state index contributed by atoms with van der Waals surface area (Å²) in [7, 11) is 1.61. The summed E-state index contributed by atoms with van der Waals surface area (Å²) in [6.45, 7) is 6.54. The predicted molar refractivity (Wildman–Crippen MR) is 63.4 cm³/mol. The fraction of sp³-hybridized carbons (Fsp3) is 0.583. The molecule has 1 heterocycles. The van der Waals surface area contributed by atoms with Gasteiger partial charge in [0.05, 0.1) is 24.9 Å². The van der Waals surface area contributed by atoms with Gasteiger partial charge >= 0.3 is 0 Å². The first-order chi connectivity index (χ1) is 7.51. The fourth-order valence-corrected chi connectivity index (χ4v) is 1.58. The second-order valence-electron chi connectivity index (χ2n) is 4.17. The summed E-state index contributed by atoms with van der Waals surface area (Å²) in [5.41, 5.74) is 6.66. The molecule has 4 heteroatoms. The Morgan fingerprint density at radius 3 is 2.69 bits per heavy atom. The zero-order chi connectivity index (χ0) is 12.2. The smallest absolute Gasteiger partial charge is 0.137 e. The summed E-state index contributed by atoms with van der Waals surface area (Å²) in [5, 5.41) is 0. The van der Waals surface area contributed by atoms with E-state index in [1.807, 2.05) is 26.8 Å². The molecule has 4 nitrogen and oxygen atoms in total. The molecule has 1 unspecified atom stereocenters. The summed E-state index contributed by atoms with van der Waals surface area (Å²) >= 11 is 0. The van der Waals surface area contributed by atoms with Crippen LogP contribution < -0.4 is 10.5 Å².